The molecule has 0 amide bonds. The molecule has 104 valence electrons. The highest BCUT2D eigenvalue weighted by atomic mass is 16.3. The third-order valence-electron chi connectivity index (χ3n) is 3.54. The smallest absolute Gasteiger partial charge is 0.0459 e. The number of nitrogens with zero attached hydrogens (tertiary/aromatic N) is 1. The minimum atomic E-state index is 0.355. The van der Waals surface area contributed by atoms with E-state index in [1.807, 2.05) is 0 Å². The van der Waals surface area contributed by atoms with Crippen LogP contribution in [-0.4, -0.2) is 36.2 Å². The molecule has 2 heteroatoms. The van der Waals surface area contributed by atoms with Crippen molar-refractivity contribution in [2.45, 2.75) is 60.3 Å². The molecule has 0 unspecified atom stereocenters. The van der Waals surface area contributed by atoms with Gasteiger partial charge in [0.1, 0.15) is 0 Å². The predicted octanol–water partition coefficient (Wildman–Crippen LogP) is 3.54. The number of hydrogen-bond acceptors (Lipinski definition) is 2. The molecule has 0 fully saturated rings. The zero-order valence-electron chi connectivity index (χ0n) is 12.6. The van der Waals surface area contributed by atoms with Gasteiger partial charge < -0.3 is 10.0 Å². The van der Waals surface area contributed by atoms with E-state index >= 15 is 0 Å². The standard InChI is InChI=1S/C15H33NO/c1-6-16(7-2)12-8-9-14(13-17)10-11-15(3,4)5/h14,17H,6-13H2,1-5H3/t14-/m1/s1. The van der Waals surface area contributed by atoms with Gasteiger partial charge in [-0.05, 0) is 56.7 Å². The van der Waals surface area contributed by atoms with Gasteiger partial charge in [0, 0.05) is 6.61 Å². The maximum absolute atomic E-state index is 9.39. The molecule has 0 radical (unpaired) electrons. The normalized spacial score (nSPS) is 14.3. The van der Waals surface area contributed by atoms with Crippen LogP contribution in [0.25, 0.3) is 0 Å². The van der Waals surface area contributed by atoms with Gasteiger partial charge in [-0.15, -0.1) is 0 Å². The molecule has 0 bridgehead atoms. The Balaban J connectivity index is 3.75. The van der Waals surface area contributed by atoms with Crippen LogP contribution in [0.4, 0.5) is 0 Å². The van der Waals surface area contributed by atoms with Crippen LogP contribution in [0.3, 0.4) is 0 Å². The number of rotatable bonds is 9. The summed E-state index contributed by atoms with van der Waals surface area (Å²) >= 11 is 0. The van der Waals surface area contributed by atoms with Gasteiger partial charge in [-0.2, -0.15) is 0 Å². The van der Waals surface area contributed by atoms with Crippen LogP contribution in [0.2, 0.25) is 0 Å². The predicted molar refractivity (Wildman–Crippen MR) is 76.3 cm³/mol. The van der Waals surface area contributed by atoms with Gasteiger partial charge in [0.05, 0.1) is 0 Å². The van der Waals surface area contributed by atoms with Gasteiger partial charge in [-0.25, -0.2) is 0 Å². The summed E-state index contributed by atoms with van der Waals surface area (Å²) in [4.78, 5) is 2.46. The molecule has 0 saturated carbocycles. The highest BCUT2D eigenvalue weighted by Crippen LogP contribution is 2.25. The SMILES string of the molecule is CCN(CC)CCC[C@@H](CO)CCC(C)(C)C. The second kappa shape index (κ2) is 8.93. The fourth-order valence-electron chi connectivity index (χ4n) is 2.11. The lowest BCUT2D eigenvalue weighted by Gasteiger charge is -2.23. The van der Waals surface area contributed by atoms with E-state index in [0.717, 1.165) is 19.5 Å². The molecule has 0 aliphatic rings. The van der Waals surface area contributed by atoms with Crippen LogP contribution in [0.15, 0.2) is 0 Å². The molecule has 0 aromatic heterocycles. The van der Waals surface area contributed by atoms with Gasteiger partial charge in [-0.1, -0.05) is 34.6 Å². The molecule has 0 heterocycles. The first-order valence-electron chi connectivity index (χ1n) is 7.26. The summed E-state index contributed by atoms with van der Waals surface area (Å²) in [5, 5.41) is 9.39. The van der Waals surface area contributed by atoms with Crippen LogP contribution >= 0.6 is 0 Å². The van der Waals surface area contributed by atoms with E-state index < -0.39 is 0 Å². The topological polar surface area (TPSA) is 23.5 Å². The zero-order chi connectivity index (χ0) is 13.3. The monoisotopic (exact) mass is 243 g/mol. The van der Waals surface area contributed by atoms with Gasteiger partial charge >= 0.3 is 0 Å². The Hall–Kier alpha value is -0.0800. The second-order valence-corrected chi connectivity index (χ2v) is 6.32. The summed E-state index contributed by atoms with van der Waals surface area (Å²) in [7, 11) is 0. The molecule has 17 heavy (non-hydrogen) atoms. The minimum absolute atomic E-state index is 0.355. The summed E-state index contributed by atoms with van der Waals surface area (Å²) in [6.45, 7) is 15.1. The molecule has 0 aliphatic heterocycles. The van der Waals surface area contributed by atoms with Crippen molar-refractivity contribution in [2.75, 3.05) is 26.2 Å². The van der Waals surface area contributed by atoms with Crippen LogP contribution in [0.5, 0.6) is 0 Å². The summed E-state index contributed by atoms with van der Waals surface area (Å²) in [6, 6.07) is 0. The molecule has 0 aromatic rings. The van der Waals surface area contributed by atoms with E-state index in [1.165, 1.54) is 25.8 Å². The fourth-order valence-corrected chi connectivity index (χ4v) is 2.11. The van der Waals surface area contributed by atoms with Crippen molar-refractivity contribution in [3.8, 4) is 0 Å². The maximum Gasteiger partial charge on any atom is 0.0459 e. The summed E-state index contributed by atoms with van der Waals surface area (Å²) in [5.41, 5.74) is 0.395. The maximum atomic E-state index is 9.39. The zero-order valence-corrected chi connectivity index (χ0v) is 12.6. The van der Waals surface area contributed by atoms with E-state index in [1.54, 1.807) is 0 Å². The van der Waals surface area contributed by atoms with Crippen LogP contribution in [0.1, 0.15) is 60.3 Å². The van der Waals surface area contributed by atoms with Crippen molar-refractivity contribution in [1.29, 1.82) is 0 Å². The fraction of sp³-hybridized carbons (Fsp3) is 1.00. The molecule has 1 atom stereocenters. The Morgan fingerprint density at radius 3 is 2.06 bits per heavy atom. The van der Waals surface area contributed by atoms with Crippen LogP contribution in [0, 0.1) is 11.3 Å². The van der Waals surface area contributed by atoms with Gasteiger partial charge in [-0.3, -0.25) is 0 Å². The first-order valence-corrected chi connectivity index (χ1v) is 7.26. The minimum Gasteiger partial charge on any atom is -0.396 e. The molecular weight excluding hydrogens is 210 g/mol. The Morgan fingerprint density at radius 1 is 1.06 bits per heavy atom. The van der Waals surface area contributed by atoms with Crippen molar-refractivity contribution in [3.63, 3.8) is 0 Å². The first kappa shape index (κ1) is 16.9. The highest BCUT2D eigenvalue weighted by Gasteiger charge is 2.14. The average Bonchev–Trinajstić information content (AvgIpc) is 2.27. The van der Waals surface area contributed by atoms with E-state index in [2.05, 4.69) is 39.5 Å². The molecule has 0 spiro atoms. The molecule has 0 aromatic carbocycles. The van der Waals surface area contributed by atoms with Crippen molar-refractivity contribution in [3.05, 3.63) is 0 Å². The number of aliphatic hydroxyl groups is 1. The largest absolute Gasteiger partial charge is 0.396 e. The van der Waals surface area contributed by atoms with Crippen LogP contribution in [-0.2, 0) is 0 Å². The van der Waals surface area contributed by atoms with Gasteiger partial charge in [0.25, 0.3) is 0 Å². The van der Waals surface area contributed by atoms with Crippen molar-refractivity contribution in [2.24, 2.45) is 11.3 Å². The molecule has 0 aliphatic carbocycles. The van der Waals surface area contributed by atoms with E-state index in [9.17, 15) is 5.11 Å². The molecule has 0 saturated heterocycles. The van der Waals surface area contributed by atoms with E-state index in [4.69, 9.17) is 0 Å². The summed E-state index contributed by atoms with van der Waals surface area (Å²) in [5.74, 6) is 0.504. The van der Waals surface area contributed by atoms with Crippen molar-refractivity contribution >= 4 is 0 Å². The van der Waals surface area contributed by atoms with Crippen molar-refractivity contribution < 1.29 is 5.11 Å². The third-order valence-corrected chi connectivity index (χ3v) is 3.54. The average molecular weight is 243 g/mol. The summed E-state index contributed by atoms with van der Waals surface area (Å²) in [6.07, 6.45) is 4.77. The molecule has 2 nitrogen and oxygen atoms in total. The van der Waals surface area contributed by atoms with Gasteiger partial charge in [0.15, 0.2) is 0 Å². The lowest BCUT2D eigenvalue weighted by atomic mass is 9.85. The molecular formula is C15H33NO. The lowest BCUT2D eigenvalue weighted by Crippen LogP contribution is -2.24. The number of aliphatic hydroxyl groups excluding tert-OH is 1. The molecule has 1 N–H and O–H groups in total. The lowest BCUT2D eigenvalue weighted by molar-refractivity contribution is 0.184. The van der Waals surface area contributed by atoms with Gasteiger partial charge in [0.2, 0.25) is 0 Å². The molecule has 0 rings (SSSR count). The Bertz CT molecular complexity index is 170. The van der Waals surface area contributed by atoms with Crippen molar-refractivity contribution in [1.82, 2.24) is 4.90 Å². The second-order valence-electron chi connectivity index (χ2n) is 6.32. The third kappa shape index (κ3) is 9.61. The highest BCUT2D eigenvalue weighted by molar-refractivity contribution is 4.67. The quantitative estimate of drug-likeness (QED) is 0.669. The first-order chi connectivity index (χ1) is 7.92. The summed E-state index contributed by atoms with van der Waals surface area (Å²) < 4.78 is 0. The van der Waals surface area contributed by atoms with Crippen LogP contribution < -0.4 is 0 Å². The van der Waals surface area contributed by atoms with E-state index in [0.29, 0.717) is 17.9 Å². The number of hydrogen-bond donors (Lipinski definition) is 1. The van der Waals surface area contributed by atoms with E-state index in [-0.39, 0.29) is 0 Å². The Morgan fingerprint density at radius 2 is 1.65 bits per heavy atom. The Kier molecular flexibility index (Phi) is 8.89. The Labute approximate surface area is 108 Å².